The van der Waals surface area contributed by atoms with Crippen LogP contribution in [0, 0.1) is 6.07 Å². The molecule has 0 aromatic heterocycles. The van der Waals surface area contributed by atoms with Crippen molar-refractivity contribution in [2.75, 3.05) is 0 Å². The van der Waals surface area contributed by atoms with Crippen LogP contribution in [0.25, 0.3) is 0 Å². The van der Waals surface area contributed by atoms with E-state index in [1.165, 1.54) is 5.56 Å². The highest BCUT2D eigenvalue weighted by molar-refractivity contribution is 5.38. The first-order valence-electron chi connectivity index (χ1n) is 5.37. The van der Waals surface area contributed by atoms with Crippen molar-refractivity contribution in [3.05, 3.63) is 65.7 Å². The molecule has 0 aliphatic rings. The van der Waals surface area contributed by atoms with Gasteiger partial charge in [-0.15, -0.1) is 0 Å². The Bertz CT molecular complexity index is 455. The molecule has 1 radical (unpaired) electrons. The number of hydrogen-bond acceptors (Lipinski definition) is 1. The number of phenols is 1. The maximum Gasteiger partial charge on any atom is 0.123 e. The molecule has 0 spiro atoms. The molecule has 2 rings (SSSR count). The van der Waals surface area contributed by atoms with Gasteiger partial charge >= 0.3 is 0 Å². The molecule has 0 aliphatic carbocycles. The normalized spacial score (nSPS) is 11.4. The Hall–Kier alpha value is -1.76. The molecule has 16 heavy (non-hydrogen) atoms. The fourth-order valence-corrected chi connectivity index (χ4v) is 1.83. The lowest BCUT2D eigenvalue weighted by Crippen LogP contribution is -2.18. The quantitative estimate of drug-likeness (QED) is 0.805. The summed E-state index contributed by atoms with van der Waals surface area (Å²) in [4.78, 5) is 0. The second-order valence-corrected chi connectivity index (χ2v) is 4.45. The number of benzene rings is 2. The fourth-order valence-electron chi connectivity index (χ4n) is 1.83. The summed E-state index contributed by atoms with van der Waals surface area (Å²) < 4.78 is 0. The molecule has 0 unspecified atom stereocenters. The predicted octanol–water partition coefficient (Wildman–Crippen LogP) is 3.52. The Labute approximate surface area is 96.4 Å². The van der Waals surface area contributed by atoms with Gasteiger partial charge in [-0.05, 0) is 23.3 Å². The summed E-state index contributed by atoms with van der Waals surface area (Å²) in [6, 6.07) is 18.6. The Kier molecular flexibility index (Phi) is 2.69. The minimum absolute atomic E-state index is 0.0640. The molecule has 81 valence electrons. The van der Waals surface area contributed by atoms with Gasteiger partial charge in [0.1, 0.15) is 5.75 Å². The zero-order chi connectivity index (χ0) is 11.6. The van der Waals surface area contributed by atoms with Crippen LogP contribution in [0.3, 0.4) is 0 Å². The summed E-state index contributed by atoms with van der Waals surface area (Å²) >= 11 is 0. The van der Waals surface area contributed by atoms with E-state index in [9.17, 15) is 5.11 Å². The summed E-state index contributed by atoms with van der Waals surface area (Å²) in [7, 11) is 0. The highest BCUT2D eigenvalue weighted by Crippen LogP contribution is 2.31. The first kappa shape index (κ1) is 10.7. The lowest BCUT2D eigenvalue weighted by atomic mass is 9.78. The number of rotatable bonds is 2. The fraction of sp³-hybridized carbons (Fsp3) is 0.200. The van der Waals surface area contributed by atoms with Gasteiger partial charge in [-0.3, -0.25) is 0 Å². The topological polar surface area (TPSA) is 20.2 Å². The van der Waals surface area contributed by atoms with E-state index in [-0.39, 0.29) is 11.2 Å². The van der Waals surface area contributed by atoms with Crippen molar-refractivity contribution >= 4 is 0 Å². The van der Waals surface area contributed by atoms with E-state index in [4.69, 9.17) is 0 Å². The molecule has 0 amide bonds. The molecule has 0 saturated heterocycles. The van der Waals surface area contributed by atoms with Gasteiger partial charge in [0.25, 0.3) is 0 Å². The Morgan fingerprint density at radius 2 is 1.62 bits per heavy atom. The average molecular weight is 211 g/mol. The van der Waals surface area contributed by atoms with Crippen LogP contribution >= 0.6 is 0 Å². The Morgan fingerprint density at radius 1 is 0.938 bits per heavy atom. The van der Waals surface area contributed by atoms with Crippen LogP contribution in [0.2, 0.25) is 0 Å². The molecule has 0 bridgehead atoms. The molecule has 0 fully saturated rings. The van der Waals surface area contributed by atoms with Crippen molar-refractivity contribution in [2.24, 2.45) is 0 Å². The van der Waals surface area contributed by atoms with Crippen molar-refractivity contribution in [3.63, 3.8) is 0 Å². The van der Waals surface area contributed by atoms with E-state index >= 15 is 0 Å². The third-order valence-electron chi connectivity index (χ3n) is 3.01. The van der Waals surface area contributed by atoms with Gasteiger partial charge in [0.05, 0.1) is 0 Å². The van der Waals surface area contributed by atoms with Gasteiger partial charge in [0, 0.05) is 11.5 Å². The van der Waals surface area contributed by atoms with Gasteiger partial charge in [-0.1, -0.05) is 50.2 Å². The third kappa shape index (κ3) is 1.94. The van der Waals surface area contributed by atoms with Crippen molar-refractivity contribution < 1.29 is 5.11 Å². The lowest BCUT2D eigenvalue weighted by molar-refractivity contribution is 0.473. The van der Waals surface area contributed by atoms with Gasteiger partial charge in [0.15, 0.2) is 0 Å². The summed E-state index contributed by atoms with van der Waals surface area (Å²) in [5, 5.41) is 9.24. The van der Waals surface area contributed by atoms with E-state index in [0.717, 1.165) is 5.56 Å². The highest BCUT2D eigenvalue weighted by Gasteiger charge is 2.22. The van der Waals surface area contributed by atoms with Crippen molar-refractivity contribution in [2.45, 2.75) is 19.3 Å². The molecular weight excluding hydrogens is 196 g/mol. The molecule has 1 heteroatoms. The second kappa shape index (κ2) is 4.01. The summed E-state index contributed by atoms with van der Waals surface area (Å²) in [5.74, 6) is 0.188. The average Bonchev–Trinajstić information content (AvgIpc) is 2.31. The Balaban J connectivity index is 2.43. The molecule has 0 heterocycles. The number of phenolic OH excluding ortho intramolecular Hbond substituents is 1. The van der Waals surface area contributed by atoms with Crippen LogP contribution in [0.1, 0.15) is 25.0 Å². The largest absolute Gasteiger partial charge is 0.507 e. The van der Waals surface area contributed by atoms with Crippen LogP contribution in [0.4, 0.5) is 0 Å². The van der Waals surface area contributed by atoms with Crippen LogP contribution in [-0.2, 0) is 5.41 Å². The van der Waals surface area contributed by atoms with Gasteiger partial charge in [-0.25, -0.2) is 0 Å². The van der Waals surface area contributed by atoms with E-state index in [1.54, 1.807) is 6.07 Å². The lowest BCUT2D eigenvalue weighted by Gasteiger charge is -2.25. The van der Waals surface area contributed by atoms with Crippen molar-refractivity contribution in [1.82, 2.24) is 0 Å². The smallest absolute Gasteiger partial charge is 0.123 e. The summed E-state index contributed by atoms with van der Waals surface area (Å²) in [6.45, 7) is 4.34. The summed E-state index contributed by atoms with van der Waals surface area (Å²) in [6.07, 6.45) is 0. The molecular formula is C15H15O. The van der Waals surface area contributed by atoms with Crippen molar-refractivity contribution in [1.29, 1.82) is 0 Å². The zero-order valence-electron chi connectivity index (χ0n) is 9.57. The number of hydrogen-bond donors (Lipinski definition) is 1. The second-order valence-electron chi connectivity index (χ2n) is 4.45. The van der Waals surface area contributed by atoms with Gasteiger partial charge in [-0.2, -0.15) is 0 Å². The van der Waals surface area contributed by atoms with Crippen LogP contribution in [0.5, 0.6) is 5.75 Å². The first-order valence-corrected chi connectivity index (χ1v) is 5.37. The first-order chi connectivity index (χ1) is 7.60. The molecule has 0 saturated carbocycles. The van der Waals surface area contributed by atoms with E-state index < -0.39 is 0 Å². The zero-order valence-corrected chi connectivity index (χ0v) is 9.57. The number of aromatic hydroxyl groups is 1. The Morgan fingerprint density at radius 3 is 2.19 bits per heavy atom. The van der Waals surface area contributed by atoms with Gasteiger partial charge in [0.2, 0.25) is 0 Å². The minimum Gasteiger partial charge on any atom is -0.507 e. The predicted molar refractivity (Wildman–Crippen MR) is 65.5 cm³/mol. The van der Waals surface area contributed by atoms with Crippen LogP contribution in [0.15, 0.2) is 48.5 Å². The monoisotopic (exact) mass is 211 g/mol. The van der Waals surface area contributed by atoms with E-state index in [2.05, 4.69) is 32.0 Å². The standard InChI is InChI=1S/C15H15O/c1-15(2,12-6-4-3-5-7-12)13-8-10-14(16)11-9-13/h3-10,16H,1-2H3. The van der Waals surface area contributed by atoms with E-state index in [1.807, 2.05) is 30.3 Å². The SMILES string of the molecule is CC(C)(c1c[c]c(O)cc1)c1ccccc1. The van der Waals surface area contributed by atoms with E-state index in [0.29, 0.717) is 0 Å². The molecule has 2 aromatic rings. The van der Waals surface area contributed by atoms with Gasteiger partial charge < -0.3 is 5.11 Å². The third-order valence-corrected chi connectivity index (χ3v) is 3.01. The summed E-state index contributed by atoms with van der Waals surface area (Å²) in [5.41, 5.74) is 2.34. The molecule has 1 nitrogen and oxygen atoms in total. The maximum atomic E-state index is 9.24. The van der Waals surface area contributed by atoms with Crippen LogP contribution in [-0.4, -0.2) is 5.11 Å². The molecule has 2 aromatic carbocycles. The van der Waals surface area contributed by atoms with Crippen molar-refractivity contribution in [3.8, 4) is 5.75 Å². The molecule has 0 aliphatic heterocycles. The molecule has 0 atom stereocenters. The minimum atomic E-state index is -0.0640. The van der Waals surface area contributed by atoms with Crippen LogP contribution < -0.4 is 0 Å². The maximum absolute atomic E-state index is 9.24. The highest BCUT2D eigenvalue weighted by atomic mass is 16.3. The molecule has 1 N–H and O–H groups in total.